The highest BCUT2D eigenvalue weighted by atomic mass is 14.9. The van der Waals surface area contributed by atoms with E-state index < -0.39 is 0 Å². The van der Waals surface area contributed by atoms with Gasteiger partial charge in [-0.25, -0.2) is 0 Å². The standard InChI is InChI=1S/C16H21N/c1-5-15(4)11-12-16(15,6-2)17-14-10-8-7-9-13(14)3/h7-12H,3,5-6H2,1-2,4H3/b17-14+. The van der Waals surface area contributed by atoms with Crippen molar-refractivity contribution in [3.63, 3.8) is 0 Å². The first kappa shape index (κ1) is 12.1. The van der Waals surface area contributed by atoms with Crippen molar-refractivity contribution in [3.05, 3.63) is 48.6 Å². The molecule has 2 unspecified atom stereocenters. The van der Waals surface area contributed by atoms with Crippen LogP contribution in [-0.2, 0) is 0 Å². The molecule has 0 aromatic carbocycles. The van der Waals surface area contributed by atoms with Gasteiger partial charge in [-0.3, -0.25) is 4.99 Å². The summed E-state index contributed by atoms with van der Waals surface area (Å²) in [5.41, 5.74) is 2.21. The van der Waals surface area contributed by atoms with Crippen LogP contribution in [0.4, 0.5) is 0 Å². The lowest BCUT2D eigenvalue weighted by Crippen LogP contribution is -2.48. The molecule has 0 aromatic heterocycles. The van der Waals surface area contributed by atoms with Gasteiger partial charge in [0, 0.05) is 5.41 Å². The lowest BCUT2D eigenvalue weighted by atomic mass is 9.60. The summed E-state index contributed by atoms with van der Waals surface area (Å²) in [4.78, 5) is 4.99. The molecule has 1 heteroatoms. The Kier molecular flexibility index (Phi) is 2.94. The van der Waals surface area contributed by atoms with Crippen LogP contribution in [0.3, 0.4) is 0 Å². The number of hydrogen-bond acceptors (Lipinski definition) is 1. The van der Waals surface area contributed by atoms with Crippen LogP contribution in [0.25, 0.3) is 0 Å². The van der Waals surface area contributed by atoms with Crippen LogP contribution < -0.4 is 0 Å². The molecule has 0 saturated carbocycles. The third kappa shape index (κ3) is 1.74. The molecule has 0 saturated heterocycles. The van der Waals surface area contributed by atoms with Crippen molar-refractivity contribution in [2.24, 2.45) is 10.4 Å². The van der Waals surface area contributed by atoms with Gasteiger partial charge >= 0.3 is 0 Å². The second-order valence-corrected chi connectivity index (χ2v) is 5.12. The molecule has 2 aliphatic rings. The van der Waals surface area contributed by atoms with E-state index in [-0.39, 0.29) is 11.0 Å². The average Bonchev–Trinajstić information content (AvgIpc) is 2.35. The number of hydrogen-bond donors (Lipinski definition) is 0. The first-order chi connectivity index (χ1) is 8.07. The largest absolute Gasteiger partial charge is 0.273 e. The molecule has 0 fully saturated rings. The minimum absolute atomic E-state index is 0.0322. The van der Waals surface area contributed by atoms with Crippen LogP contribution in [0.5, 0.6) is 0 Å². The fourth-order valence-corrected chi connectivity index (χ4v) is 2.58. The lowest BCUT2D eigenvalue weighted by molar-refractivity contribution is 0.202. The number of aliphatic imine (C=N–C) groups is 1. The van der Waals surface area contributed by atoms with Crippen molar-refractivity contribution in [2.45, 2.75) is 39.2 Å². The normalized spacial score (nSPS) is 37.6. The predicted octanol–water partition coefficient (Wildman–Crippen LogP) is 4.24. The Labute approximate surface area is 104 Å². The Bertz CT molecular complexity index is 450. The van der Waals surface area contributed by atoms with E-state index in [4.69, 9.17) is 4.99 Å². The quantitative estimate of drug-likeness (QED) is 0.639. The van der Waals surface area contributed by atoms with Gasteiger partial charge in [0.15, 0.2) is 0 Å². The zero-order valence-corrected chi connectivity index (χ0v) is 11.0. The molecule has 2 rings (SSSR count). The van der Waals surface area contributed by atoms with Crippen LogP contribution in [0.15, 0.2) is 53.6 Å². The summed E-state index contributed by atoms with van der Waals surface area (Å²) in [6, 6.07) is 0. The first-order valence-corrected chi connectivity index (χ1v) is 6.41. The van der Waals surface area contributed by atoms with E-state index in [9.17, 15) is 0 Å². The van der Waals surface area contributed by atoms with Gasteiger partial charge < -0.3 is 0 Å². The predicted molar refractivity (Wildman–Crippen MR) is 75.4 cm³/mol. The van der Waals surface area contributed by atoms with Gasteiger partial charge in [0.2, 0.25) is 0 Å². The fraction of sp³-hybridized carbons (Fsp3) is 0.438. The van der Waals surface area contributed by atoms with Gasteiger partial charge in [-0.1, -0.05) is 57.7 Å². The number of nitrogens with zero attached hydrogens (tertiary/aromatic N) is 1. The Morgan fingerprint density at radius 2 is 1.82 bits per heavy atom. The van der Waals surface area contributed by atoms with Crippen LogP contribution >= 0.6 is 0 Å². The number of rotatable bonds is 3. The summed E-state index contributed by atoms with van der Waals surface area (Å²) in [6.07, 6.45) is 14.8. The van der Waals surface area contributed by atoms with Crippen LogP contribution in [0, 0.1) is 5.41 Å². The molecular weight excluding hydrogens is 206 g/mol. The Morgan fingerprint density at radius 1 is 1.12 bits per heavy atom. The number of allylic oxidation sites excluding steroid dienone is 5. The second kappa shape index (κ2) is 4.14. The second-order valence-electron chi connectivity index (χ2n) is 5.12. The van der Waals surface area contributed by atoms with E-state index >= 15 is 0 Å². The molecule has 0 N–H and O–H groups in total. The first-order valence-electron chi connectivity index (χ1n) is 6.41. The molecular formula is C16H21N. The monoisotopic (exact) mass is 227 g/mol. The van der Waals surface area contributed by atoms with E-state index in [1.54, 1.807) is 0 Å². The van der Waals surface area contributed by atoms with Gasteiger partial charge in [0.05, 0.1) is 11.3 Å². The van der Waals surface area contributed by atoms with Gasteiger partial charge in [0.1, 0.15) is 0 Å². The zero-order chi connectivity index (χ0) is 12.5. The molecule has 2 atom stereocenters. The molecule has 17 heavy (non-hydrogen) atoms. The summed E-state index contributed by atoms with van der Waals surface area (Å²) in [5, 5.41) is 0. The minimum Gasteiger partial charge on any atom is -0.273 e. The topological polar surface area (TPSA) is 12.4 Å². The Balaban J connectivity index is 2.37. The Hall–Kier alpha value is -1.37. The van der Waals surface area contributed by atoms with Crippen molar-refractivity contribution in [1.29, 1.82) is 0 Å². The van der Waals surface area contributed by atoms with E-state index in [1.165, 1.54) is 0 Å². The SMILES string of the molecule is C=C1C=CC=C/C1=N\C1(CC)C=CC1(C)CC. The summed E-state index contributed by atoms with van der Waals surface area (Å²) in [5.74, 6) is 0. The minimum atomic E-state index is -0.0322. The molecule has 0 spiro atoms. The molecule has 0 aliphatic heterocycles. The molecule has 0 bridgehead atoms. The van der Waals surface area contributed by atoms with Gasteiger partial charge in [-0.05, 0) is 24.5 Å². The maximum atomic E-state index is 4.99. The maximum Gasteiger partial charge on any atom is 0.0880 e. The van der Waals surface area contributed by atoms with Gasteiger partial charge in [0.25, 0.3) is 0 Å². The van der Waals surface area contributed by atoms with Crippen molar-refractivity contribution in [3.8, 4) is 0 Å². The van der Waals surface area contributed by atoms with Crippen molar-refractivity contribution in [2.75, 3.05) is 0 Å². The molecule has 0 radical (unpaired) electrons. The van der Waals surface area contributed by atoms with Gasteiger partial charge in [-0.2, -0.15) is 0 Å². The van der Waals surface area contributed by atoms with Gasteiger partial charge in [-0.15, -0.1) is 0 Å². The highest BCUT2D eigenvalue weighted by molar-refractivity contribution is 6.11. The lowest BCUT2D eigenvalue weighted by Gasteiger charge is -2.49. The van der Waals surface area contributed by atoms with Crippen LogP contribution in [0.1, 0.15) is 33.6 Å². The highest BCUT2D eigenvalue weighted by Crippen LogP contribution is 2.50. The van der Waals surface area contributed by atoms with Crippen LogP contribution in [-0.4, -0.2) is 11.3 Å². The third-order valence-electron chi connectivity index (χ3n) is 4.30. The molecule has 0 aromatic rings. The van der Waals surface area contributed by atoms with Crippen molar-refractivity contribution >= 4 is 5.71 Å². The van der Waals surface area contributed by atoms with E-state index in [0.717, 1.165) is 24.1 Å². The average molecular weight is 227 g/mol. The van der Waals surface area contributed by atoms with Crippen LogP contribution in [0.2, 0.25) is 0 Å². The highest BCUT2D eigenvalue weighted by Gasteiger charge is 2.48. The molecule has 90 valence electrons. The fourth-order valence-electron chi connectivity index (χ4n) is 2.58. The maximum absolute atomic E-state index is 4.99. The molecule has 1 nitrogen and oxygen atoms in total. The molecule has 2 aliphatic carbocycles. The Morgan fingerprint density at radius 3 is 2.29 bits per heavy atom. The summed E-state index contributed by atoms with van der Waals surface area (Å²) >= 11 is 0. The van der Waals surface area contributed by atoms with E-state index in [2.05, 4.69) is 45.6 Å². The third-order valence-corrected chi connectivity index (χ3v) is 4.30. The van der Waals surface area contributed by atoms with E-state index in [0.29, 0.717) is 0 Å². The van der Waals surface area contributed by atoms with Crippen molar-refractivity contribution in [1.82, 2.24) is 0 Å². The smallest absolute Gasteiger partial charge is 0.0880 e. The molecule has 0 amide bonds. The van der Waals surface area contributed by atoms with Crippen molar-refractivity contribution < 1.29 is 0 Å². The van der Waals surface area contributed by atoms with E-state index in [1.807, 2.05) is 18.2 Å². The zero-order valence-electron chi connectivity index (χ0n) is 11.0. The molecule has 0 heterocycles. The summed E-state index contributed by atoms with van der Waals surface area (Å²) in [7, 11) is 0. The summed E-state index contributed by atoms with van der Waals surface area (Å²) < 4.78 is 0. The summed E-state index contributed by atoms with van der Waals surface area (Å²) in [6.45, 7) is 10.8.